The van der Waals surface area contributed by atoms with Crippen molar-refractivity contribution in [2.45, 2.75) is 53.1 Å². The van der Waals surface area contributed by atoms with Gasteiger partial charge < -0.3 is 4.52 Å². The molecule has 2 nitrogen and oxygen atoms in total. The van der Waals surface area contributed by atoms with E-state index in [1.807, 2.05) is 27.7 Å². The molecule has 0 fully saturated rings. The van der Waals surface area contributed by atoms with E-state index in [1.165, 1.54) is 20.1 Å². The molecular weight excluding hydrogens is 181 g/mol. The molecule has 0 atom stereocenters. The van der Waals surface area contributed by atoms with Crippen LogP contribution < -0.4 is 0 Å². The third kappa shape index (κ3) is 3.13. The average molecular weight is 201 g/mol. The van der Waals surface area contributed by atoms with E-state index in [9.17, 15) is 4.39 Å². The van der Waals surface area contributed by atoms with Crippen molar-refractivity contribution in [1.82, 2.24) is 5.16 Å². The van der Waals surface area contributed by atoms with Gasteiger partial charge in [-0.2, -0.15) is 0 Å². The zero-order valence-electron chi connectivity index (χ0n) is 9.89. The van der Waals surface area contributed by atoms with E-state index in [0.717, 1.165) is 5.56 Å². The lowest BCUT2D eigenvalue weighted by atomic mass is 9.96. The van der Waals surface area contributed by atoms with Gasteiger partial charge in [0.1, 0.15) is 12.0 Å². The SMILES string of the molecule is CC.CC(C)c1conc1C(C)(C)F. The minimum atomic E-state index is -1.41. The van der Waals surface area contributed by atoms with Crippen LogP contribution in [-0.2, 0) is 5.67 Å². The second-order valence-corrected chi connectivity index (χ2v) is 3.75. The van der Waals surface area contributed by atoms with Gasteiger partial charge in [0.15, 0.2) is 5.67 Å². The highest BCUT2D eigenvalue weighted by molar-refractivity contribution is 5.23. The number of hydrogen-bond acceptors (Lipinski definition) is 2. The molecule has 3 heteroatoms. The predicted octanol–water partition coefficient (Wildman–Crippen LogP) is 4.03. The summed E-state index contributed by atoms with van der Waals surface area (Å²) in [7, 11) is 0. The van der Waals surface area contributed by atoms with Gasteiger partial charge in [-0.1, -0.05) is 32.9 Å². The molecule has 0 aliphatic rings. The van der Waals surface area contributed by atoms with Crippen molar-refractivity contribution in [1.29, 1.82) is 0 Å². The molecule has 0 saturated carbocycles. The van der Waals surface area contributed by atoms with Crippen LogP contribution in [0, 0.1) is 0 Å². The summed E-state index contributed by atoms with van der Waals surface area (Å²) in [6.07, 6.45) is 1.52. The molecule has 1 aromatic heterocycles. The monoisotopic (exact) mass is 201 g/mol. The molecule has 1 rings (SSSR count). The molecular formula is C11H20FNO. The van der Waals surface area contributed by atoms with Crippen LogP contribution in [0.4, 0.5) is 4.39 Å². The van der Waals surface area contributed by atoms with Crippen molar-refractivity contribution in [3.8, 4) is 0 Å². The maximum absolute atomic E-state index is 13.5. The summed E-state index contributed by atoms with van der Waals surface area (Å²) < 4.78 is 18.2. The van der Waals surface area contributed by atoms with E-state index >= 15 is 0 Å². The van der Waals surface area contributed by atoms with Crippen molar-refractivity contribution >= 4 is 0 Å². The molecule has 0 unspecified atom stereocenters. The molecule has 0 radical (unpaired) electrons. The normalized spacial score (nSPS) is 11.1. The van der Waals surface area contributed by atoms with Crippen molar-refractivity contribution < 1.29 is 8.91 Å². The highest BCUT2D eigenvalue weighted by atomic mass is 19.1. The van der Waals surface area contributed by atoms with Gasteiger partial charge in [0, 0.05) is 5.56 Å². The van der Waals surface area contributed by atoms with Crippen LogP contribution in [0.1, 0.15) is 58.7 Å². The van der Waals surface area contributed by atoms with Gasteiger partial charge >= 0.3 is 0 Å². The molecule has 82 valence electrons. The second-order valence-electron chi connectivity index (χ2n) is 3.75. The highest BCUT2D eigenvalue weighted by Crippen LogP contribution is 2.30. The highest BCUT2D eigenvalue weighted by Gasteiger charge is 2.27. The average Bonchev–Trinajstić information content (AvgIpc) is 2.54. The molecule has 0 aromatic carbocycles. The lowest BCUT2D eigenvalue weighted by Gasteiger charge is -2.13. The fourth-order valence-electron chi connectivity index (χ4n) is 1.11. The van der Waals surface area contributed by atoms with Crippen molar-refractivity contribution in [2.24, 2.45) is 0 Å². The molecule has 14 heavy (non-hydrogen) atoms. The van der Waals surface area contributed by atoms with E-state index in [4.69, 9.17) is 4.52 Å². The van der Waals surface area contributed by atoms with E-state index in [1.54, 1.807) is 0 Å². The smallest absolute Gasteiger partial charge is 0.150 e. The molecule has 1 heterocycles. The minimum Gasteiger partial charge on any atom is -0.364 e. The molecule has 0 spiro atoms. The first-order valence-electron chi connectivity index (χ1n) is 5.06. The molecule has 0 aliphatic heterocycles. The fraction of sp³-hybridized carbons (Fsp3) is 0.727. The summed E-state index contributed by atoms with van der Waals surface area (Å²) in [5, 5.41) is 3.66. The van der Waals surface area contributed by atoms with Crippen molar-refractivity contribution in [3.63, 3.8) is 0 Å². The Balaban J connectivity index is 0.000000791. The maximum atomic E-state index is 13.5. The second kappa shape index (κ2) is 5.13. The number of alkyl halides is 1. The van der Waals surface area contributed by atoms with Gasteiger partial charge in [-0.25, -0.2) is 4.39 Å². The van der Waals surface area contributed by atoms with Crippen molar-refractivity contribution in [3.05, 3.63) is 17.5 Å². The molecule has 0 aliphatic carbocycles. The van der Waals surface area contributed by atoms with E-state index < -0.39 is 5.67 Å². The predicted molar refractivity (Wildman–Crippen MR) is 56.1 cm³/mol. The third-order valence-corrected chi connectivity index (χ3v) is 1.78. The number of rotatable bonds is 2. The van der Waals surface area contributed by atoms with Gasteiger partial charge in [-0.15, -0.1) is 0 Å². The lowest BCUT2D eigenvalue weighted by Crippen LogP contribution is -2.12. The zero-order valence-corrected chi connectivity index (χ0v) is 9.89. The summed E-state index contributed by atoms with van der Waals surface area (Å²) in [6.45, 7) is 10.9. The Morgan fingerprint density at radius 1 is 1.36 bits per heavy atom. The summed E-state index contributed by atoms with van der Waals surface area (Å²) >= 11 is 0. The van der Waals surface area contributed by atoms with E-state index in [2.05, 4.69) is 5.16 Å². The van der Waals surface area contributed by atoms with Gasteiger partial charge in [0.25, 0.3) is 0 Å². The fourth-order valence-corrected chi connectivity index (χ4v) is 1.11. The van der Waals surface area contributed by atoms with Crippen LogP contribution in [0.2, 0.25) is 0 Å². The Labute approximate surface area is 85.5 Å². The summed E-state index contributed by atoms with van der Waals surface area (Å²) in [5.74, 6) is 0.251. The topological polar surface area (TPSA) is 26.0 Å². The quantitative estimate of drug-likeness (QED) is 0.722. The van der Waals surface area contributed by atoms with E-state index in [-0.39, 0.29) is 5.92 Å². The summed E-state index contributed by atoms with van der Waals surface area (Å²) in [5.41, 5.74) is -0.146. The molecule has 0 amide bonds. The molecule has 1 aromatic rings. The van der Waals surface area contributed by atoms with Gasteiger partial charge in [-0.3, -0.25) is 0 Å². The van der Waals surface area contributed by atoms with Gasteiger partial charge in [0.05, 0.1) is 0 Å². The minimum absolute atomic E-state index is 0.251. The Morgan fingerprint density at radius 3 is 2.14 bits per heavy atom. The number of aromatic nitrogens is 1. The summed E-state index contributed by atoms with van der Waals surface area (Å²) in [4.78, 5) is 0. The molecule has 0 saturated heterocycles. The Kier molecular flexibility index (Phi) is 4.81. The van der Waals surface area contributed by atoms with Crippen LogP contribution in [-0.4, -0.2) is 5.16 Å². The number of hydrogen-bond donors (Lipinski definition) is 0. The zero-order chi connectivity index (χ0) is 11.4. The Hall–Kier alpha value is -0.860. The van der Waals surface area contributed by atoms with Crippen molar-refractivity contribution in [2.75, 3.05) is 0 Å². The van der Waals surface area contributed by atoms with Crippen LogP contribution >= 0.6 is 0 Å². The standard InChI is InChI=1S/C9H14FNO.C2H6/c1-6(2)7-5-12-11-8(7)9(3,4)10;1-2/h5-6H,1-4H3;1-2H3. The Bertz CT molecular complexity index is 260. The first kappa shape index (κ1) is 13.1. The van der Waals surface area contributed by atoms with Gasteiger partial charge in [0.2, 0.25) is 0 Å². The van der Waals surface area contributed by atoms with Crippen LogP contribution in [0.5, 0.6) is 0 Å². The lowest BCUT2D eigenvalue weighted by molar-refractivity contribution is 0.203. The Morgan fingerprint density at radius 2 is 1.86 bits per heavy atom. The van der Waals surface area contributed by atoms with Crippen LogP contribution in [0.25, 0.3) is 0 Å². The third-order valence-electron chi connectivity index (χ3n) is 1.78. The maximum Gasteiger partial charge on any atom is 0.150 e. The molecule has 0 N–H and O–H groups in total. The summed E-state index contributed by atoms with van der Waals surface area (Å²) in [6, 6.07) is 0. The largest absolute Gasteiger partial charge is 0.364 e. The van der Waals surface area contributed by atoms with Crippen LogP contribution in [0.3, 0.4) is 0 Å². The van der Waals surface area contributed by atoms with Crippen LogP contribution in [0.15, 0.2) is 10.8 Å². The van der Waals surface area contributed by atoms with E-state index in [0.29, 0.717) is 5.69 Å². The first-order valence-corrected chi connectivity index (χ1v) is 5.06. The molecule has 0 bridgehead atoms. The van der Waals surface area contributed by atoms with Gasteiger partial charge in [-0.05, 0) is 19.8 Å². The number of nitrogens with zero attached hydrogens (tertiary/aromatic N) is 1. The number of halogens is 1. The first-order chi connectivity index (χ1) is 6.43.